The Balaban J connectivity index is 0.000000563. The highest BCUT2D eigenvalue weighted by atomic mass is 35.5. The zero-order valence-electron chi connectivity index (χ0n) is 7.51. The third kappa shape index (κ3) is 1.18. The van der Waals surface area contributed by atoms with Crippen molar-refractivity contribution in [2.24, 2.45) is 17.3 Å². The van der Waals surface area contributed by atoms with E-state index in [2.05, 4.69) is 5.32 Å². The van der Waals surface area contributed by atoms with Crippen molar-refractivity contribution in [3.63, 3.8) is 0 Å². The summed E-state index contributed by atoms with van der Waals surface area (Å²) in [7, 11) is 0. The van der Waals surface area contributed by atoms with E-state index in [1.807, 2.05) is 0 Å². The predicted molar refractivity (Wildman–Crippen MR) is 52.6 cm³/mol. The standard InChI is InChI=1S/C10H17N.ClH/c1-2-11-7-8(1)3-10-4-9(5-10)6-10;/h8-9,11H,1-7H2;1H. The molecule has 1 unspecified atom stereocenters. The van der Waals surface area contributed by atoms with Crippen LogP contribution < -0.4 is 5.32 Å². The summed E-state index contributed by atoms with van der Waals surface area (Å²) in [4.78, 5) is 0. The SMILES string of the molecule is C1CC(CC23CC(C2)C3)CN1.Cl. The lowest BCUT2D eigenvalue weighted by atomic mass is 9.42. The van der Waals surface area contributed by atoms with Crippen molar-refractivity contribution < 1.29 is 0 Å². The molecule has 0 radical (unpaired) electrons. The van der Waals surface area contributed by atoms with E-state index < -0.39 is 0 Å². The molecule has 1 nitrogen and oxygen atoms in total. The summed E-state index contributed by atoms with van der Waals surface area (Å²) in [5.74, 6) is 2.21. The van der Waals surface area contributed by atoms with Crippen LogP contribution in [-0.4, -0.2) is 13.1 Å². The first-order valence-corrected chi connectivity index (χ1v) is 5.07. The second kappa shape index (κ2) is 2.88. The highest BCUT2D eigenvalue weighted by molar-refractivity contribution is 5.85. The quantitative estimate of drug-likeness (QED) is 0.699. The predicted octanol–water partition coefficient (Wildman–Crippen LogP) is 2.21. The van der Waals surface area contributed by atoms with Crippen LogP contribution in [0, 0.1) is 17.3 Å². The van der Waals surface area contributed by atoms with E-state index in [0.29, 0.717) is 0 Å². The molecule has 12 heavy (non-hydrogen) atoms. The van der Waals surface area contributed by atoms with Crippen LogP contribution in [0.5, 0.6) is 0 Å². The molecule has 1 N–H and O–H groups in total. The van der Waals surface area contributed by atoms with Gasteiger partial charge in [-0.25, -0.2) is 0 Å². The van der Waals surface area contributed by atoms with Gasteiger partial charge in [-0.1, -0.05) is 0 Å². The van der Waals surface area contributed by atoms with E-state index in [0.717, 1.165) is 11.3 Å². The van der Waals surface area contributed by atoms with Crippen LogP contribution in [0.4, 0.5) is 0 Å². The van der Waals surface area contributed by atoms with Gasteiger partial charge in [-0.05, 0) is 62.4 Å². The number of halogens is 1. The van der Waals surface area contributed by atoms with Crippen LogP contribution >= 0.6 is 12.4 Å². The maximum atomic E-state index is 3.46. The highest BCUT2D eigenvalue weighted by Crippen LogP contribution is 2.67. The second-order valence-electron chi connectivity index (χ2n) is 5.04. The van der Waals surface area contributed by atoms with E-state index in [4.69, 9.17) is 0 Å². The van der Waals surface area contributed by atoms with Crippen molar-refractivity contribution in [1.29, 1.82) is 0 Å². The largest absolute Gasteiger partial charge is 0.316 e. The highest BCUT2D eigenvalue weighted by Gasteiger charge is 2.56. The Morgan fingerprint density at radius 3 is 2.42 bits per heavy atom. The molecule has 0 amide bonds. The molecule has 0 aromatic carbocycles. The van der Waals surface area contributed by atoms with Crippen LogP contribution in [0.2, 0.25) is 0 Å². The fourth-order valence-electron chi connectivity index (χ4n) is 3.41. The maximum Gasteiger partial charge on any atom is -0.00198 e. The Bertz CT molecular complexity index is 158. The first kappa shape index (κ1) is 8.83. The van der Waals surface area contributed by atoms with Crippen LogP contribution in [-0.2, 0) is 0 Å². The number of nitrogens with one attached hydrogen (secondary N) is 1. The number of hydrogen-bond donors (Lipinski definition) is 1. The van der Waals surface area contributed by atoms with Crippen molar-refractivity contribution in [1.82, 2.24) is 5.32 Å². The Labute approximate surface area is 80.7 Å². The summed E-state index contributed by atoms with van der Waals surface area (Å²) in [5, 5.41) is 3.46. The number of rotatable bonds is 2. The van der Waals surface area contributed by atoms with Gasteiger partial charge in [0.1, 0.15) is 0 Å². The molecule has 2 bridgehead atoms. The zero-order chi connectivity index (χ0) is 7.31. The molecular formula is C10H18ClN. The molecule has 4 aliphatic rings. The summed E-state index contributed by atoms with van der Waals surface area (Å²) in [6, 6.07) is 0. The average Bonchev–Trinajstić information content (AvgIpc) is 2.26. The molecule has 2 heteroatoms. The zero-order valence-corrected chi connectivity index (χ0v) is 8.33. The minimum atomic E-state index is 0. The minimum absolute atomic E-state index is 0. The Kier molecular flexibility index (Phi) is 2.12. The molecule has 1 saturated heterocycles. The molecule has 4 rings (SSSR count). The van der Waals surface area contributed by atoms with Gasteiger partial charge in [0.2, 0.25) is 0 Å². The molecule has 0 spiro atoms. The van der Waals surface area contributed by atoms with Gasteiger partial charge < -0.3 is 5.32 Å². The molecule has 70 valence electrons. The van der Waals surface area contributed by atoms with E-state index in [1.165, 1.54) is 25.4 Å². The molecule has 1 atom stereocenters. The topological polar surface area (TPSA) is 12.0 Å². The van der Waals surface area contributed by atoms with Crippen molar-refractivity contribution in [2.75, 3.05) is 13.1 Å². The molecule has 1 heterocycles. The Morgan fingerprint density at radius 2 is 2.00 bits per heavy atom. The lowest BCUT2D eigenvalue weighted by Gasteiger charge is -2.63. The minimum Gasteiger partial charge on any atom is -0.316 e. The fraction of sp³-hybridized carbons (Fsp3) is 1.00. The van der Waals surface area contributed by atoms with Gasteiger partial charge >= 0.3 is 0 Å². The van der Waals surface area contributed by atoms with Crippen LogP contribution in [0.1, 0.15) is 32.1 Å². The average molecular weight is 188 g/mol. The molecule has 0 aromatic heterocycles. The van der Waals surface area contributed by atoms with Crippen LogP contribution in [0.3, 0.4) is 0 Å². The summed E-state index contributed by atoms with van der Waals surface area (Å²) in [5.41, 5.74) is 0.890. The first-order chi connectivity index (χ1) is 5.36. The Morgan fingerprint density at radius 1 is 1.25 bits per heavy atom. The normalized spacial score (nSPS) is 49.0. The van der Waals surface area contributed by atoms with Gasteiger partial charge in [0.15, 0.2) is 0 Å². The molecule has 4 fully saturated rings. The molecule has 1 aliphatic heterocycles. The summed E-state index contributed by atoms with van der Waals surface area (Å²) >= 11 is 0. The van der Waals surface area contributed by atoms with E-state index in [9.17, 15) is 0 Å². The third-order valence-electron chi connectivity index (χ3n) is 4.05. The van der Waals surface area contributed by atoms with Crippen LogP contribution in [0.15, 0.2) is 0 Å². The lowest BCUT2D eigenvalue weighted by molar-refractivity contribution is -0.120. The fourth-order valence-corrected chi connectivity index (χ4v) is 3.41. The molecule has 3 aliphatic carbocycles. The maximum absolute atomic E-state index is 3.46. The van der Waals surface area contributed by atoms with Gasteiger partial charge in [0.25, 0.3) is 0 Å². The summed E-state index contributed by atoms with van der Waals surface area (Å²) in [6.07, 6.45) is 7.76. The van der Waals surface area contributed by atoms with Gasteiger partial charge in [-0.3, -0.25) is 0 Å². The van der Waals surface area contributed by atoms with Crippen molar-refractivity contribution in [3.8, 4) is 0 Å². The first-order valence-electron chi connectivity index (χ1n) is 5.07. The monoisotopic (exact) mass is 187 g/mol. The number of hydrogen-bond acceptors (Lipinski definition) is 1. The van der Waals surface area contributed by atoms with Gasteiger partial charge in [0, 0.05) is 0 Å². The van der Waals surface area contributed by atoms with Crippen molar-refractivity contribution >= 4 is 12.4 Å². The van der Waals surface area contributed by atoms with Crippen molar-refractivity contribution in [2.45, 2.75) is 32.1 Å². The van der Waals surface area contributed by atoms with E-state index in [-0.39, 0.29) is 12.4 Å². The van der Waals surface area contributed by atoms with E-state index >= 15 is 0 Å². The lowest BCUT2D eigenvalue weighted by Crippen LogP contribution is -2.52. The van der Waals surface area contributed by atoms with Gasteiger partial charge in [0.05, 0.1) is 0 Å². The van der Waals surface area contributed by atoms with Crippen LogP contribution in [0.25, 0.3) is 0 Å². The Hall–Kier alpha value is 0.250. The van der Waals surface area contributed by atoms with Crippen molar-refractivity contribution in [3.05, 3.63) is 0 Å². The summed E-state index contributed by atoms with van der Waals surface area (Å²) < 4.78 is 0. The van der Waals surface area contributed by atoms with Gasteiger partial charge in [-0.15, -0.1) is 12.4 Å². The second-order valence-corrected chi connectivity index (χ2v) is 5.04. The molecule has 0 aromatic rings. The molecule has 3 saturated carbocycles. The van der Waals surface area contributed by atoms with E-state index in [1.54, 1.807) is 25.7 Å². The molecular weight excluding hydrogens is 170 g/mol. The third-order valence-corrected chi connectivity index (χ3v) is 4.05. The van der Waals surface area contributed by atoms with Gasteiger partial charge in [-0.2, -0.15) is 0 Å². The summed E-state index contributed by atoms with van der Waals surface area (Å²) in [6.45, 7) is 2.59. The smallest absolute Gasteiger partial charge is 0.00198 e.